The van der Waals surface area contributed by atoms with Gasteiger partial charge in [-0.1, -0.05) is 105 Å². The van der Waals surface area contributed by atoms with Gasteiger partial charge in [-0.05, 0) is 56.7 Å². The quantitative estimate of drug-likeness (QED) is 0.128. The molecule has 233 valence electrons. The molecule has 3 heterocycles. The predicted octanol–water partition coefficient (Wildman–Crippen LogP) is 11.1. The van der Waals surface area contributed by atoms with Crippen LogP contribution in [0.4, 0.5) is 0 Å². The van der Waals surface area contributed by atoms with Crippen LogP contribution >= 0.6 is 11.3 Å². The molecule has 3 aromatic heterocycles. The fourth-order valence-electron chi connectivity index (χ4n) is 5.49. The van der Waals surface area contributed by atoms with Crippen molar-refractivity contribution in [1.82, 2.24) is 9.97 Å². The van der Waals surface area contributed by atoms with E-state index in [0.717, 1.165) is 28.1 Å². The van der Waals surface area contributed by atoms with Crippen LogP contribution in [0.1, 0.15) is 32.2 Å². The molecule has 5 heteroatoms. The summed E-state index contributed by atoms with van der Waals surface area (Å²) in [7, 11) is -1.23. The maximum absolute atomic E-state index is 8.39. The van der Waals surface area contributed by atoms with Crippen LogP contribution in [0.25, 0.3) is 53.8 Å². The number of pyridine rings is 2. The van der Waals surface area contributed by atoms with Crippen LogP contribution in [0.15, 0.2) is 116 Å². The standard InChI is InChI=1S/C27H22NS.C14H16NSi.Ir/c1-17(2)20-14-15-28-24(16-20)23-11-7-10-21-22-13-12-18(3)25(27(22)29-26(21)23)19-8-5-4-6-9-19;1-16(2,3)13-9-10-14(15-11-13)12-7-5-4-6-8-12;/h4-10,12-17H,1-3H3;4-7,9-11H,1-3H3;/q2*-1;/i17D;;. The summed E-state index contributed by atoms with van der Waals surface area (Å²) in [5, 5.41) is 3.90. The number of hydrogen-bond acceptors (Lipinski definition) is 3. The summed E-state index contributed by atoms with van der Waals surface area (Å²) in [6.45, 7) is 13.0. The van der Waals surface area contributed by atoms with Gasteiger partial charge in [0.15, 0.2) is 0 Å². The van der Waals surface area contributed by atoms with Gasteiger partial charge in [0, 0.05) is 44.1 Å². The first kappa shape index (κ1) is 32.2. The molecular weight excluding hydrogens is 773 g/mol. The van der Waals surface area contributed by atoms with Crippen LogP contribution in [0.3, 0.4) is 0 Å². The normalized spacial score (nSPS) is 11.8. The van der Waals surface area contributed by atoms with Crippen LogP contribution in [0.2, 0.25) is 19.6 Å². The number of fused-ring (bicyclic) bond motifs is 3. The van der Waals surface area contributed by atoms with Gasteiger partial charge in [-0.15, -0.1) is 59.7 Å². The molecule has 2 nitrogen and oxygen atoms in total. The number of nitrogens with zero attached hydrogens (tertiary/aromatic N) is 2. The summed E-state index contributed by atoms with van der Waals surface area (Å²) < 4.78 is 10.9. The van der Waals surface area contributed by atoms with Crippen LogP contribution < -0.4 is 5.19 Å². The topological polar surface area (TPSA) is 25.8 Å². The van der Waals surface area contributed by atoms with Crippen LogP contribution in [-0.4, -0.2) is 18.0 Å². The minimum atomic E-state index is -1.23. The van der Waals surface area contributed by atoms with Crippen molar-refractivity contribution < 1.29 is 21.5 Å². The molecule has 0 N–H and O–H groups in total. The van der Waals surface area contributed by atoms with E-state index in [9.17, 15) is 0 Å². The van der Waals surface area contributed by atoms with E-state index in [1.54, 1.807) is 6.20 Å². The SMILES string of the molecule is C[Si](C)(C)c1ccc(-c2[c-]cccc2)nc1.[2H]C(C)(C)c1ccnc(-c2[c-]ccc3c2sc2c(-c4ccccc4)c(C)ccc23)c1.[Ir]. The molecule has 0 atom stereocenters. The van der Waals surface area contributed by atoms with Gasteiger partial charge < -0.3 is 9.97 Å². The first-order valence-corrected chi connectivity index (χ1v) is 19.6. The Kier molecular flexibility index (Phi) is 10.1. The molecule has 0 aliphatic carbocycles. The number of aromatic nitrogens is 2. The molecule has 0 amide bonds. The fourth-order valence-corrected chi connectivity index (χ4v) is 7.95. The Bertz CT molecular complexity index is 2110. The van der Waals surface area contributed by atoms with Gasteiger partial charge in [0.25, 0.3) is 0 Å². The number of hydrogen-bond donors (Lipinski definition) is 0. The number of benzene rings is 4. The largest absolute Gasteiger partial charge is 0.305 e. The van der Waals surface area contributed by atoms with Crippen molar-refractivity contribution in [3.05, 3.63) is 139 Å². The maximum atomic E-state index is 8.39. The van der Waals surface area contributed by atoms with E-state index >= 15 is 0 Å². The van der Waals surface area contributed by atoms with Crippen molar-refractivity contribution >= 4 is 44.8 Å². The first-order valence-electron chi connectivity index (χ1n) is 15.8. The van der Waals surface area contributed by atoms with Gasteiger partial charge >= 0.3 is 0 Å². The second-order valence-corrected chi connectivity index (χ2v) is 18.7. The van der Waals surface area contributed by atoms with E-state index in [-0.39, 0.29) is 20.1 Å². The smallest absolute Gasteiger partial charge is 0.0795 e. The number of thiophene rings is 1. The third kappa shape index (κ3) is 7.14. The average molecular weight is 812 g/mol. The van der Waals surface area contributed by atoms with Crippen LogP contribution in [0.5, 0.6) is 0 Å². The van der Waals surface area contributed by atoms with E-state index < -0.39 is 14.0 Å². The molecule has 0 unspecified atom stereocenters. The van der Waals surface area contributed by atoms with E-state index in [4.69, 9.17) is 1.37 Å². The minimum Gasteiger partial charge on any atom is -0.305 e. The van der Waals surface area contributed by atoms with Gasteiger partial charge in [-0.25, -0.2) is 0 Å². The average Bonchev–Trinajstić information content (AvgIpc) is 3.44. The Morgan fingerprint density at radius 2 is 1.52 bits per heavy atom. The summed E-state index contributed by atoms with van der Waals surface area (Å²) >= 11 is 1.81. The molecule has 0 fully saturated rings. The summed E-state index contributed by atoms with van der Waals surface area (Å²) in [5.74, 6) is -0.663. The zero-order chi connectivity index (χ0) is 32.5. The molecule has 4 aromatic carbocycles. The maximum Gasteiger partial charge on any atom is 0.0795 e. The third-order valence-corrected chi connectivity index (χ3v) is 11.4. The van der Waals surface area contributed by atoms with E-state index in [0.29, 0.717) is 0 Å². The molecule has 7 aromatic rings. The Balaban J connectivity index is 0.000000217. The second kappa shape index (κ2) is 14.4. The minimum absolute atomic E-state index is 0. The molecule has 0 spiro atoms. The zero-order valence-corrected chi connectivity index (χ0v) is 31.3. The summed E-state index contributed by atoms with van der Waals surface area (Å²) in [6.07, 6.45) is 3.82. The Hall–Kier alpha value is -3.73. The van der Waals surface area contributed by atoms with E-state index in [2.05, 4.69) is 109 Å². The third-order valence-electron chi connectivity index (χ3n) is 8.08. The summed E-state index contributed by atoms with van der Waals surface area (Å²) in [6, 6.07) is 42.0. The molecule has 46 heavy (non-hydrogen) atoms. The van der Waals surface area contributed by atoms with Crippen molar-refractivity contribution in [2.24, 2.45) is 0 Å². The van der Waals surface area contributed by atoms with Crippen molar-refractivity contribution in [2.75, 3.05) is 0 Å². The number of rotatable bonds is 5. The molecule has 0 bridgehead atoms. The Morgan fingerprint density at radius 3 is 2.20 bits per heavy atom. The van der Waals surface area contributed by atoms with Crippen molar-refractivity contribution in [3.8, 4) is 33.6 Å². The Morgan fingerprint density at radius 1 is 0.761 bits per heavy atom. The molecule has 7 rings (SSSR count). The summed E-state index contributed by atoms with van der Waals surface area (Å²) in [5.41, 5.74) is 8.73. The van der Waals surface area contributed by atoms with Crippen molar-refractivity contribution in [3.63, 3.8) is 0 Å². The van der Waals surface area contributed by atoms with Crippen LogP contribution in [0, 0.1) is 19.1 Å². The monoisotopic (exact) mass is 812 g/mol. The van der Waals surface area contributed by atoms with E-state index in [1.807, 2.05) is 73.8 Å². The molecule has 0 aliphatic heterocycles. The van der Waals surface area contributed by atoms with Gasteiger partial charge in [-0.2, -0.15) is 11.3 Å². The first-order chi connectivity index (χ1) is 22.0. The zero-order valence-electron chi connectivity index (χ0n) is 28.1. The molecular formula is C41H38IrN2SSi-2. The van der Waals surface area contributed by atoms with Gasteiger partial charge in [0.2, 0.25) is 0 Å². The second-order valence-electron chi connectivity index (χ2n) is 12.6. The van der Waals surface area contributed by atoms with Gasteiger partial charge in [-0.3, -0.25) is 0 Å². The molecule has 1 radical (unpaired) electrons. The van der Waals surface area contributed by atoms with Gasteiger partial charge in [0.1, 0.15) is 0 Å². The van der Waals surface area contributed by atoms with E-state index in [1.165, 1.54) is 42.0 Å². The Labute approximate surface area is 293 Å². The van der Waals surface area contributed by atoms with Crippen molar-refractivity contribution in [1.29, 1.82) is 0 Å². The predicted molar refractivity (Wildman–Crippen MR) is 197 cm³/mol. The summed E-state index contributed by atoms with van der Waals surface area (Å²) in [4.78, 5) is 9.15. The molecule has 0 saturated carbocycles. The van der Waals surface area contributed by atoms with Crippen LogP contribution in [-0.2, 0) is 20.1 Å². The van der Waals surface area contributed by atoms with Crippen molar-refractivity contribution in [2.45, 2.75) is 46.3 Å². The molecule has 0 saturated heterocycles. The fraction of sp³-hybridized carbons (Fsp3) is 0.171. The number of aryl methyl sites for hydroxylation is 1. The molecule has 0 aliphatic rings. The van der Waals surface area contributed by atoms with Gasteiger partial charge in [0.05, 0.1) is 8.07 Å².